The zero-order valence-electron chi connectivity index (χ0n) is 10.4. The molecule has 0 amide bonds. The quantitative estimate of drug-likeness (QED) is 0.887. The summed E-state index contributed by atoms with van der Waals surface area (Å²) < 4.78 is 12.8. The number of halogens is 1. The van der Waals surface area contributed by atoms with Gasteiger partial charge in [0.2, 0.25) is 0 Å². The van der Waals surface area contributed by atoms with Gasteiger partial charge in [0.05, 0.1) is 0 Å². The van der Waals surface area contributed by atoms with E-state index >= 15 is 0 Å². The molecule has 98 valence electrons. The number of pyridine rings is 1. The third-order valence-electron chi connectivity index (χ3n) is 2.64. The molecule has 0 aliphatic carbocycles. The van der Waals surface area contributed by atoms with Crippen LogP contribution in [0.25, 0.3) is 0 Å². The number of rotatable bonds is 4. The molecule has 0 saturated carbocycles. The molecular formula is C14H13FN2O2. The minimum atomic E-state index is -1.03. The smallest absolute Gasteiger partial charge is 0.339 e. The standard InChI is InChI=1S/C14H13FN2O2/c1-9-2-7-12(14(18)19)13(17-9)16-8-10-3-5-11(15)6-4-10/h2-7H,8H2,1H3,(H,16,17)(H,18,19). The summed E-state index contributed by atoms with van der Waals surface area (Å²) in [6.07, 6.45) is 0. The molecule has 19 heavy (non-hydrogen) atoms. The highest BCUT2D eigenvalue weighted by Crippen LogP contribution is 2.15. The average molecular weight is 260 g/mol. The van der Waals surface area contributed by atoms with E-state index in [-0.39, 0.29) is 11.4 Å². The van der Waals surface area contributed by atoms with Crippen LogP contribution in [0.15, 0.2) is 36.4 Å². The van der Waals surface area contributed by atoms with E-state index in [1.807, 2.05) is 0 Å². The Morgan fingerprint density at radius 2 is 1.95 bits per heavy atom. The molecule has 1 aromatic heterocycles. The summed E-state index contributed by atoms with van der Waals surface area (Å²) >= 11 is 0. The van der Waals surface area contributed by atoms with Gasteiger partial charge >= 0.3 is 5.97 Å². The number of nitrogens with one attached hydrogen (secondary N) is 1. The topological polar surface area (TPSA) is 62.2 Å². The van der Waals surface area contributed by atoms with Crippen molar-refractivity contribution in [3.05, 3.63) is 59.0 Å². The first-order chi connectivity index (χ1) is 9.06. The third kappa shape index (κ3) is 3.28. The van der Waals surface area contributed by atoms with Gasteiger partial charge in [-0.25, -0.2) is 14.2 Å². The molecular weight excluding hydrogens is 247 g/mol. The van der Waals surface area contributed by atoms with Crippen molar-refractivity contribution in [2.24, 2.45) is 0 Å². The molecule has 4 nitrogen and oxygen atoms in total. The van der Waals surface area contributed by atoms with Gasteiger partial charge in [0.1, 0.15) is 17.2 Å². The molecule has 1 heterocycles. The Morgan fingerprint density at radius 1 is 1.26 bits per heavy atom. The molecule has 0 unspecified atom stereocenters. The molecule has 2 aromatic rings. The summed E-state index contributed by atoms with van der Waals surface area (Å²) in [4.78, 5) is 15.2. The Bertz CT molecular complexity index is 597. The molecule has 1 aromatic carbocycles. The lowest BCUT2D eigenvalue weighted by Crippen LogP contribution is -2.09. The molecule has 0 bridgehead atoms. The highest BCUT2D eigenvalue weighted by molar-refractivity contribution is 5.93. The summed E-state index contributed by atoms with van der Waals surface area (Å²) in [5, 5.41) is 12.0. The van der Waals surface area contributed by atoms with Crippen molar-refractivity contribution in [1.82, 2.24) is 4.98 Å². The van der Waals surface area contributed by atoms with Crippen molar-refractivity contribution in [2.75, 3.05) is 5.32 Å². The number of carboxylic acids is 1. The van der Waals surface area contributed by atoms with E-state index in [0.717, 1.165) is 11.3 Å². The van der Waals surface area contributed by atoms with Crippen LogP contribution in [0.2, 0.25) is 0 Å². The number of aromatic carboxylic acids is 1. The van der Waals surface area contributed by atoms with Crippen LogP contribution in [0.3, 0.4) is 0 Å². The second kappa shape index (κ2) is 5.48. The summed E-state index contributed by atoms with van der Waals surface area (Å²) in [6.45, 7) is 2.17. The van der Waals surface area contributed by atoms with Gasteiger partial charge < -0.3 is 10.4 Å². The monoisotopic (exact) mass is 260 g/mol. The molecule has 0 fully saturated rings. The zero-order valence-corrected chi connectivity index (χ0v) is 10.4. The van der Waals surface area contributed by atoms with Crippen molar-refractivity contribution < 1.29 is 14.3 Å². The molecule has 2 N–H and O–H groups in total. The Kier molecular flexibility index (Phi) is 3.75. The summed E-state index contributed by atoms with van der Waals surface area (Å²) in [7, 11) is 0. The number of benzene rings is 1. The van der Waals surface area contributed by atoms with E-state index in [9.17, 15) is 9.18 Å². The van der Waals surface area contributed by atoms with Gasteiger partial charge in [-0.2, -0.15) is 0 Å². The number of aryl methyl sites for hydroxylation is 1. The summed E-state index contributed by atoms with van der Waals surface area (Å²) in [6, 6.07) is 9.15. The zero-order chi connectivity index (χ0) is 13.8. The van der Waals surface area contributed by atoms with E-state index in [2.05, 4.69) is 10.3 Å². The van der Waals surface area contributed by atoms with E-state index in [1.54, 1.807) is 25.1 Å². The van der Waals surface area contributed by atoms with Crippen LogP contribution < -0.4 is 5.32 Å². The highest BCUT2D eigenvalue weighted by Gasteiger charge is 2.11. The largest absolute Gasteiger partial charge is 0.478 e. The van der Waals surface area contributed by atoms with Crippen molar-refractivity contribution in [1.29, 1.82) is 0 Å². The minimum absolute atomic E-state index is 0.118. The second-order valence-electron chi connectivity index (χ2n) is 4.13. The van der Waals surface area contributed by atoms with Gasteiger partial charge in [-0.15, -0.1) is 0 Å². The lowest BCUT2D eigenvalue weighted by atomic mass is 10.2. The predicted octanol–water partition coefficient (Wildman–Crippen LogP) is 2.84. The Labute approximate surface area is 109 Å². The van der Waals surface area contributed by atoms with Crippen LogP contribution in [0.1, 0.15) is 21.6 Å². The van der Waals surface area contributed by atoms with E-state index < -0.39 is 5.97 Å². The van der Waals surface area contributed by atoms with Gasteiger partial charge in [0.25, 0.3) is 0 Å². The van der Waals surface area contributed by atoms with E-state index in [4.69, 9.17) is 5.11 Å². The number of carbonyl (C=O) groups is 1. The average Bonchev–Trinajstić information content (AvgIpc) is 2.38. The molecule has 0 aliphatic heterocycles. The maximum absolute atomic E-state index is 12.8. The lowest BCUT2D eigenvalue weighted by Gasteiger charge is -2.09. The van der Waals surface area contributed by atoms with E-state index in [1.165, 1.54) is 18.2 Å². The molecule has 5 heteroatoms. The fourth-order valence-corrected chi connectivity index (χ4v) is 1.65. The lowest BCUT2D eigenvalue weighted by molar-refractivity contribution is 0.0697. The van der Waals surface area contributed by atoms with Crippen LogP contribution >= 0.6 is 0 Å². The fraction of sp³-hybridized carbons (Fsp3) is 0.143. The fourth-order valence-electron chi connectivity index (χ4n) is 1.65. The molecule has 0 spiro atoms. The molecule has 0 atom stereocenters. The van der Waals surface area contributed by atoms with Crippen molar-refractivity contribution in [3.63, 3.8) is 0 Å². The molecule has 0 aliphatic rings. The third-order valence-corrected chi connectivity index (χ3v) is 2.64. The maximum Gasteiger partial charge on any atom is 0.339 e. The number of hydrogen-bond donors (Lipinski definition) is 2. The SMILES string of the molecule is Cc1ccc(C(=O)O)c(NCc2ccc(F)cc2)n1. The van der Waals surface area contributed by atoms with Gasteiger partial charge in [0, 0.05) is 12.2 Å². The molecule has 0 radical (unpaired) electrons. The first kappa shape index (κ1) is 13.0. The first-order valence-corrected chi connectivity index (χ1v) is 5.75. The van der Waals surface area contributed by atoms with Crippen LogP contribution in [0, 0.1) is 12.7 Å². The van der Waals surface area contributed by atoms with Crippen molar-refractivity contribution >= 4 is 11.8 Å². The maximum atomic E-state index is 12.8. The van der Waals surface area contributed by atoms with Gasteiger partial charge in [-0.05, 0) is 36.8 Å². The number of anilines is 1. The molecule has 0 saturated heterocycles. The minimum Gasteiger partial charge on any atom is -0.478 e. The summed E-state index contributed by atoms with van der Waals surface area (Å²) in [5.74, 6) is -1.02. The Hall–Kier alpha value is -2.43. The Balaban J connectivity index is 2.16. The van der Waals surface area contributed by atoms with Gasteiger partial charge in [-0.1, -0.05) is 12.1 Å². The predicted molar refractivity (Wildman–Crippen MR) is 69.7 cm³/mol. The summed E-state index contributed by atoms with van der Waals surface area (Å²) in [5.41, 5.74) is 1.69. The van der Waals surface area contributed by atoms with E-state index in [0.29, 0.717) is 12.4 Å². The number of carboxylic acid groups (broad SMARTS) is 1. The van der Waals surface area contributed by atoms with Crippen LogP contribution in [0.5, 0.6) is 0 Å². The highest BCUT2D eigenvalue weighted by atomic mass is 19.1. The van der Waals surface area contributed by atoms with Crippen LogP contribution in [-0.2, 0) is 6.54 Å². The number of hydrogen-bond acceptors (Lipinski definition) is 3. The first-order valence-electron chi connectivity index (χ1n) is 5.75. The van der Waals surface area contributed by atoms with Gasteiger partial charge in [0.15, 0.2) is 0 Å². The number of aromatic nitrogens is 1. The van der Waals surface area contributed by atoms with Crippen molar-refractivity contribution in [2.45, 2.75) is 13.5 Å². The second-order valence-corrected chi connectivity index (χ2v) is 4.13. The normalized spacial score (nSPS) is 10.2. The van der Waals surface area contributed by atoms with Gasteiger partial charge in [-0.3, -0.25) is 0 Å². The molecule has 2 rings (SSSR count). The van der Waals surface area contributed by atoms with Crippen LogP contribution in [0.4, 0.5) is 10.2 Å². The number of nitrogens with zero attached hydrogens (tertiary/aromatic N) is 1. The Morgan fingerprint density at radius 3 is 2.58 bits per heavy atom. The van der Waals surface area contributed by atoms with Crippen molar-refractivity contribution in [3.8, 4) is 0 Å². The van der Waals surface area contributed by atoms with Crippen LogP contribution in [-0.4, -0.2) is 16.1 Å².